The van der Waals surface area contributed by atoms with Crippen molar-refractivity contribution in [2.24, 2.45) is 17.8 Å². The average Bonchev–Trinajstić information content (AvgIpc) is 2.96. The summed E-state index contributed by atoms with van der Waals surface area (Å²) in [5, 5.41) is 3.45. The molecule has 0 unspecified atom stereocenters. The van der Waals surface area contributed by atoms with Gasteiger partial charge in [-0.2, -0.15) is 0 Å². The van der Waals surface area contributed by atoms with Gasteiger partial charge in [-0.1, -0.05) is 0 Å². The molecule has 0 saturated heterocycles. The Labute approximate surface area is 149 Å². The highest BCUT2D eigenvalue weighted by atomic mass is 16.2. The van der Waals surface area contributed by atoms with Crippen LogP contribution in [0.5, 0.6) is 0 Å². The molecule has 0 spiro atoms. The van der Waals surface area contributed by atoms with Crippen LogP contribution in [-0.4, -0.2) is 23.9 Å². The van der Waals surface area contributed by atoms with E-state index < -0.39 is 0 Å². The number of nitrogens with zero attached hydrogens (tertiary/aromatic N) is 1. The highest BCUT2D eigenvalue weighted by Crippen LogP contribution is 2.55. The molecule has 25 heavy (non-hydrogen) atoms. The van der Waals surface area contributed by atoms with E-state index in [-0.39, 0.29) is 17.4 Å². The minimum absolute atomic E-state index is 0.0519. The second-order valence-corrected chi connectivity index (χ2v) is 8.92. The number of benzene rings is 1. The van der Waals surface area contributed by atoms with Crippen molar-refractivity contribution in [3.05, 3.63) is 29.3 Å². The summed E-state index contributed by atoms with van der Waals surface area (Å²) in [6, 6.07) is 5.82. The van der Waals surface area contributed by atoms with Crippen molar-refractivity contribution >= 4 is 17.5 Å². The quantitative estimate of drug-likeness (QED) is 0.899. The molecule has 0 aromatic heterocycles. The van der Waals surface area contributed by atoms with Crippen LogP contribution < -0.4 is 10.2 Å². The van der Waals surface area contributed by atoms with Gasteiger partial charge in [-0.15, -0.1) is 0 Å². The number of anilines is 1. The van der Waals surface area contributed by atoms with E-state index in [0.29, 0.717) is 0 Å². The predicted molar refractivity (Wildman–Crippen MR) is 96.5 cm³/mol. The van der Waals surface area contributed by atoms with Crippen LogP contribution >= 0.6 is 0 Å². The fourth-order valence-corrected chi connectivity index (χ4v) is 6.45. The summed E-state index contributed by atoms with van der Waals surface area (Å²) in [7, 11) is 0. The summed E-state index contributed by atoms with van der Waals surface area (Å²) in [5.41, 5.74) is 2.89. The molecule has 1 aliphatic heterocycles. The molecule has 4 aliphatic carbocycles. The minimum atomic E-state index is 0.0519. The van der Waals surface area contributed by atoms with Crippen LogP contribution in [0.1, 0.15) is 61.4 Å². The summed E-state index contributed by atoms with van der Waals surface area (Å²) in [5.74, 6) is 2.64. The van der Waals surface area contributed by atoms with Gasteiger partial charge in [0.25, 0.3) is 5.91 Å². The third-order valence-electron chi connectivity index (χ3n) is 7.03. The lowest BCUT2D eigenvalue weighted by molar-refractivity contribution is -0.116. The van der Waals surface area contributed by atoms with Gasteiger partial charge in [0, 0.05) is 30.3 Å². The van der Waals surface area contributed by atoms with Gasteiger partial charge in [-0.3, -0.25) is 9.59 Å². The number of fused-ring (bicyclic) bond motifs is 1. The standard InChI is InChI=1S/C21H26N2O2/c1-13(24)23-5-4-17-9-18(2-3-19(17)23)20(25)22-21-10-14-6-15(11-21)8-16(7-14)12-21/h2-3,9,14-16H,4-8,10-12H2,1H3,(H,22,25). The highest BCUT2D eigenvalue weighted by molar-refractivity contribution is 5.98. The number of carbonyl (C=O) groups excluding carboxylic acids is 2. The topological polar surface area (TPSA) is 49.4 Å². The summed E-state index contributed by atoms with van der Waals surface area (Å²) in [6.45, 7) is 2.33. The summed E-state index contributed by atoms with van der Waals surface area (Å²) < 4.78 is 0. The predicted octanol–water partition coefficient (Wildman–Crippen LogP) is 3.29. The molecule has 1 aromatic rings. The van der Waals surface area contributed by atoms with E-state index in [1.165, 1.54) is 38.5 Å². The van der Waals surface area contributed by atoms with Gasteiger partial charge in [-0.05, 0) is 86.5 Å². The second-order valence-electron chi connectivity index (χ2n) is 8.92. The zero-order chi connectivity index (χ0) is 17.2. The van der Waals surface area contributed by atoms with Gasteiger partial charge >= 0.3 is 0 Å². The van der Waals surface area contributed by atoms with E-state index in [1.807, 2.05) is 18.2 Å². The molecule has 4 saturated carbocycles. The minimum Gasteiger partial charge on any atom is -0.347 e. The first-order valence-corrected chi connectivity index (χ1v) is 9.75. The van der Waals surface area contributed by atoms with Crippen LogP contribution in [0.3, 0.4) is 0 Å². The van der Waals surface area contributed by atoms with Crippen molar-refractivity contribution in [2.75, 3.05) is 11.4 Å². The molecule has 0 radical (unpaired) electrons. The SMILES string of the molecule is CC(=O)N1CCc2cc(C(=O)NC34CC5CC(CC(C5)C3)C4)ccc21. The molecule has 2 amide bonds. The van der Waals surface area contributed by atoms with Crippen LogP contribution in [0.2, 0.25) is 0 Å². The smallest absolute Gasteiger partial charge is 0.251 e. The van der Waals surface area contributed by atoms with Crippen LogP contribution in [0.15, 0.2) is 18.2 Å². The zero-order valence-corrected chi connectivity index (χ0v) is 14.9. The number of hydrogen-bond acceptors (Lipinski definition) is 2. The van der Waals surface area contributed by atoms with Gasteiger partial charge in [-0.25, -0.2) is 0 Å². The Kier molecular flexibility index (Phi) is 3.28. The fourth-order valence-electron chi connectivity index (χ4n) is 6.45. The lowest BCUT2D eigenvalue weighted by atomic mass is 9.53. The largest absolute Gasteiger partial charge is 0.347 e. The van der Waals surface area contributed by atoms with Crippen LogP contribution in [0.4, 0.5) is 5.69 Å². The molecule has 6 rings (SSSR count). The first-order chi connectivity index (χ1) is 12.0. The normalized spacial score (nSPS) is 34.9. The van der Waals surface area contributed by atoms with E-state index >= 15 is 0 Å². The van der Waals surface area contributed by atoms with Crippen LogP contribution in [0.25, 0.3) is 0 Å². The molecule has 132 valence electrons. The lowest BCUT2D eigenvalue weighted by Crippen LogP contribution is -2.59. The molecule has 4 heteroatoms. The average molecular weight is 338 g/mol. The third-order valence-corrected chi connectivity index (χ3v) is 7.03. The zero-order valence-electron chi connectivity index (χ0n) is 14.9. The number of rotatable bonds is 2. The van der Waals surface area contributed by atoms with Gasteiger partial charge in [0.2, 0.25) is 5.91 Å². The molecule has 1 aromatic carbocycles. The molecule has 4 bridgehead atoms. The Morgan fingerprint density at radius 3 is 2.32 bits per heavy atom. The maximum atomic E-state index is 13.0. The van der Waals surface area contributed by atoms with Crippen molar-refractivity contribution < 1.29 is 9.59 Å². The first kappa shape index (κ1) is 15.4. The Hall–Kier alpha value is -1.84. The van der Waals surface area contributed by atoms with Crippen molar-refractivity contribution in [1.82, 2.24) is 5.32 Å². The van der Waals surface area contributed by atoms with E-state index in [0.717, 1.165) is 47.5 Å². The van der Waals surface area contributed by atoms with Crippen molar-refractivity contribution in [2.45, 2.75) is 57.4 Å². The Morgan fingerprint density at radius 2 is 1.72 bits per heavy atom. The van der Waals surface area contributed by atoms with Crippen molar-refractivity contribution in [1.29, 1.82) is 0 Å². The Bertz CT molecular complexity index is 719. The van der Waals surface area contributed by atoms with Crippen molar-refractivity contribution in [3.63, 3.8) is 0 Å². The van der Waals surface area contributed by atoms with Gasteiger partial charge in [0.15, 0.2) is 0 Å². The molecule has 1 N–H and O–H groups in total. The Balaban J connectivity index is 1.36. The van der Waals surface area contributed by atoms with E-state index in [2.05, 4.69) is 5.32 Å². The number of nitrogens with one attached hydrogen (secondary N) is 1. The summed E-state index contributed by atoms with van der Waals surface area (Å²) >= 11 is 0. The van der Waals surface area contributed by atoms with Crippen LogP contribution in [0, 0.1) is 17.8 Å². The summed E-state index contributed by atoms with van der Waals surface area (Å²) in [6.07, 6.45) is 8.52. The monoisotopic (exact) mass is 338 g/mol. The van der Waals surface area contributed by atoms with Gasteiger partial charge < -0.3 is 10.2 Å². The first-order valence-electron chi connectivity index (χ1n) is 9.75. The molecule has 4 fully saturated rings. The second kappa shape index (κ2) is 5.33. The van der Waals surface area contributed by atoms with Gasteiger partial charge in [0.05, 0.1) is 0 Å². The third kappa shape index (κ3) is 2.49. The van der Waals surface area contributed by atoms with Gasteiger partial charge in [0.1, 0.15) is 0 Å². The molecular weight excluding hydrogens is 312 g/mol. The number of hydrogen-bond donors (Lipinski definition) is 1. The molecule has 4 nitrogen and oxygen atoms in total. The highest BCUT2D eigenvalue weighted by Gasteiger charge is 2.51. The molecule has 1 heterocycles. The van der Waals surface area contributed by atoms with Crippen molar-refractivity contribution in [3.8, 4) is 0 Å². The fraction of sp³-hybridized carbons (Fsp3) is 0.619. The maximum absolute atomic E-state index is 13.0. The van der Waals surface area contributed by atoms with Crippen LogP contribution in [-0.2, 0) is 11.2 Å². The number of amides is 2. The summed E-state index contributed by atoms with van der Waals surface area (Å²) in [4.78, 5) is 26.4. The lowest BCUT2D eigenvalue weighted by Gasteiger charge is -2.56. The molecule has 5 aliphatic rings. The van der Waals surface area contributed by atoms with E-state index in [9.17, 15) is 9.59 Å². The molecule has 0 atom stereocenters. The number of carbonyl (C=O) groups is 2. The maximum Gasteiger partial charge on any atom is 0.251 e. The Morgan fingerprint density at radius 1 is 1.08 bits per heavy atom. The van der Waals surface area contributed by atoms with E-state index in [4.69, 9.17) is 0 Å². The molecular formula is C21H26N2O2. The van der Waals surface area contributed by atoms with E-state index in [1.54, 1.807) is 11.8 Å².